The predicted octanol–water partition coefficient (Wildman–Crippen LogP) is 2.56. The molecule has 2 aromatic rings. The van der Waals surface area contributed by atoms with Crippen LogP contribution in [0.2, 0.25) is 0 Å². The highest BCUT2D eigenvalue weighted by Gasteiger charge is 2.20. The molecule has 4 N–H and O–H groups in total. The molecule has 0 aliphatic rings. The number of urea groups is 1. The number of carbonyl (C=O) groups excluding carboxylic acids is 2. The van der Waals surface area contributed by atoms with E-state index in [1.165, 1.54) is 11.3 Å². The van der Waals surface area contributed by atoms with Crippen LogP contribution < -0.4 is 16.6 Å². The van der Waals surface area contributed by atoms with E-state index in [9.17, 15) is 14.4 Å². The van der Waals surface area contributed by atoms with Gasteiger partial charge in [0.25, 0.3) is 5.56 Å². The Labute approximate surface area is 153 Å². The smallest absolute Gasteiger partial charge is 0.318 e. The monoisotopic (exact) mass is 382 g/mol. The average Bonchev–Trinajstić information content (AvgIpc) is 2.82. The molecule has 0 saturated carbocycles. The lowest BCUT2D eigenvalue weighted by molar-refractivity contribution is -0.119. The summed E-state index contributed by atoms with van der Waals surface area (Å²) in [6.07, 6.45) is 1.89. The summed E-state index contributed by atoms with van der Waals surface area (Å²) in [5, 5.41) is 2.39. The van der Waals surface area contributed by atoms with Crippen LogP contribution in [0.4, 0.5) is 4.79 Å². The summed E-state index contributed by atoms with van der Waals surface area (Å²) < 4.78 is 0. The topological polar surface area (TPSA) is 118 Å². The number of nitrogens with two attached hydrogens (primary N) is 1. The number of carbonyl (C=O) groups is 2. The first-order valence-electron chi connectivity index (χ1n) is 8.02. The van der Waals surface area contributed by atoms with Crippen molar-refractivity contribution in [2.45, 2.75) is 50.9 Å². The minimum atomic E-state index is -0.905. The van der Waals surface area contributed by atoms with E-state index >= 15 is 0 Å². The molecule has 0 saturated heterocycles. The van der Waals surface area contributed by atoms with Crippen molar-refractivity contribution in [3.05, 3.63) is 20.8 Å². The van der Waals surface area contributed by atoms with E-state index in [1.54, 1.807) is 6.92 Å². The van der Waals surface area contributed by atoms with Crippen molar-refractivity contribution in [3.63, 3.8) is 0 Å². The lowest BCUT2D eigenvalue weighted by atomic mass is 9.98. The van der Waals surface area contributed by atoms with Gasteiger partial charge < -0.3 is 10.7 Å². The van der Waals surface area contributed by atoms with E-state index < -0.39 is 17.2 Å². The summed E-state index contributed by atoms with van der Waals surface area (Å²) in [4.78, 5) is 44.1. The largest absolute Gasteiger partial charge is 0.351 e. The third-order valence-electron chi connectivity index (χ3n) is 3.99. The highest BCUT2D eigenvalue weighted by atomic mass is 32.2. The number of amides is 3. The normalized spacial score (nSPS) is 13.6. The first kappa shape index (κ1) is 19.5. The Bertz CT molecular complexity index is 859. The van der Waals surface area contributed by atoms with Crippen LogP contribution in [-0.2, 0) is 11.2 Å². The van der Waals surface area contributed by atoms with Gasteiger partial charge in [-0.15, -0.1) is 11.3 Å². The molecule has 0 spiro atoms. The van der Waals surface area contributed by atoms with Gasteiger partial charge in [0.05, 0.1) is 10.6 Å². The van der Waals surface area contributed by atoms with Crippen LogP contribution in [0.25, 0.3) is 10.2 Å². The second-order valence-electron chi connectivity index (χ2n) is 6.02. The van der Waals surface area contributed by atoms with E-state index in [0.717, 1.165) is 35.0 Å². The molecule has 0 aliphatic carbocycles. The lowest BCUT2D eigenvalue weighted by Gasteiger charge is -2.10. The number of nitrogens with zero attached hydrogens (tertiary/aromatic N) is 1. The maximum atomic E-state index is 12.6. The van der Waals surface area contributed by atoms with Gasteiger partial charge >= 0.3 is 6.03 Å². The van der Waals surface area contributed by atoms with E-state index in [0.29, 0.717) is 21.3 Å². The third kappa shape index (κ3) is 4.60. The Morgan fingerprint density at radius 1 is 1.40 bits per heavy atom. The maximum Gasteiger partial charge on any atom is 0.318 e. The summed E-state index contributed by atoms with van der Waals surface area (Å²) >= 11 is 2.56. The Morgan fingerprint density at radius 3 is 2.68 bits per heavy atom. The summed E-state index contributed by atoms with van der Waals surface area (Å²) in [6.45, 7) is 7.90. The van der Waals surface area contributed by atoms with E-state index in [1.807, 2.05) is 12.2 Å². The molecule has 2 rings (SSSR count). The number of imide groups is 1. The number of aryl methyl sites for hydroxylation is 1. The molecule has 0 aromatic carbocycles. The van der Waals surface area contributed by atoms with E-state index in [-0.39, 0.29) is 5.56 Å². The maximum absolute atomic E-state index is 12.6. The van der Waals surface area contributed by atoms with Crippen LogP contribution in [-0.4, -0.2) is 27.2 Å². The number of fused-ring (bicyclic) bond motifs is 1. The first-order chi connectivity index (χ1) is 11.7. The number of aromatic nitrogens is 2. The molecular formula is C16H22N4O3S2. The number of hydrogen-bond donors (Lipinski definition) is 3. The van der Waals surface area contributed by atoms with Gasteiger partial charge in [0.15, 0.2) is 5.16 Å². The molecule has 2 heterocycles. The summed E-state index contributed by atoms with van der Waals surface area (Å²) in [6, 6.07) is -0.905. The number of rotatable bonds is 6. The number of nitrogens with one attached hydrogen (secondary N) is 2. The van der Waals surface area contributed by atoms with Crippen LogP contribution in [0.5, 0.6) is 0 Å². The van der Waals surface area contributed by atoms with Crippen molar-refractivity contribution in [3.8, 4) is 0 Å². The van der Waals surface area contributed by atoms with Crippen molar-refractivity contribution < 1.29 is 9.59 Å². The average molecular weight is 383 g/mol. The lowest BCUT2D eigenvalue weighted by Crippen LogP contribution is -2.39. The number of primary amides is 1. The zero-order valence-electron chi connectivity index (χ0n) is 14.6. The zero-order chi connectivity index (χ0) is 18.7. The number of aromatic amines is 1. The van der Waals surface area contributed by atoms with Crippen LogP contribution in [0.1, 0.15) is 37.6 Å². The number of thioether (sulfide) groups is 1. The Hall–Kier alpha value is -1.87. The van der Waals surface area contributed by atoms with Gasteiger partial charge in [0.1, 0.15) is 4.83 Å². The Kier molecular flexibility index (Phi) is 6.23. The van der Waals surface area contributed by atoms with Gasteiger partial charge in [-0.25, -0.2) is 9.78 Å². The molecule has 3 amide bonds. The van der Waals surface area contributed by atoms with Crippen LogP contribution in [0.15, 0.2) is 9.95 Å². The van der Waals surface area contributed by atoms with Gasteiger partial charge in [-0.05, 0) is 31.7 Å². The minimum absolute atomic E-state index is 0.197. The molecule has 0 fully saturated rings. The second kappa shape index (κ2) is 8.01. The molecule has 0 radical (unpaired) electrons. The molecule has 2 atom stereocenters. The zero-order valence-corrected chi connectivity index (χ0v) is 16.3. The fourth-order valence-corrected chi connectivity index (χ4v) is 4.30. The third-order valence-corrected chi connectivity index (χ3v) is 6.02. The standard InChI is InChI=1S/C16H22N4O3S2/c1-5-7(2)6-10-8(3)24-14-11(10)13(22)19-16(20-14)25-9(4)12(21)18-15(17)23/h7,9H,5-6H2,1-4H3,(H,19,20,22)(H3,17,18,21,23)/t7-,9+/m1/s1. The molecule has 0 unspecified atom stereocenters. The van der Waals surface area contributed by atoms with Gasteiger partial charge in [0, 0.05) is 4.88 Å². The number of hydrogen-bond acceptors (Lipinski definition) is 6. The van der Waals surface area contributed by atoms with Crippen molar-refractivity contribution in [2.24, 2.45) is 11.7 Å². The SMILES string of the molecule is CC[C@@H](C)Cc1c(C)sc2nc(S[C@@H](C)C(=O)NC(N)=O)[nH]c(=O)c12. The Morgan fingerprint density at radius 2 is 2.08 bits per heavy atom. The Balaban J connectivity index is 2.32. The quantitative estimate of drug-likeness (QED) is 0.524. The first-order valence-corrected chi connectivity index (χ1v) is 9.71. The number of thiophene rings is 1. The molecule has 136 valence electrons. The molecule has 7 nitrogen and oxygen atoms in total. The predicted molar refractivity (Wildman–Crippen MR) is 101 cm³/mol. The van der Waals surface area contributed by atoms with E-state index in [2.05, 4.69) is 23.8 Å². The fourth-order valence-electron chi connectivity index (χ4n) is 2.39. The minimum Gasteiger partial charge on any atom is -0.351 e. The fraction of sp³-hybridized carbons (Fsp3) is 0.500. The van der Waals surface area contributed by atoms with Crippen LogP contribution in [0.3, 0.4) is 0 Å². The highest BCUT2D eigenvalue weighted by molar-refractivity contribution is 8.00. The van der Waals surface area contributed by atoms with Crippen LogP contribution in [0, 0.1) is 12.8 Å². The summed E-state index contributed by atoms with van der Waals surface area (Å²) in [5.41, 5.74) is 5.80. The van der Waals surface area contributed by atoms with Crippen molar-refractivity contribution in [2.75, 3.05) is 0 Å². The van der Waals surface area contributed by atoms with E-state index in [4.69, 9.17) is 5.73 Å². The van der Waals surface area contributed by atoms with Crippen LogP contribution >= 0.6 is 23.1 Å². The molecule has 0 aliphatic heterocycles. The molecule has 9 heteroatoms. The van der Waals surface area contributed by atoms with Gasteiger partial charge in [-0.1, -0.05) is 32.0 Å². The van der Waals surface area contributed by atoms with Gasteiger partial charge in [0.2, 0.25) is 5.91 Å². The molecule has 0 bridgehead atoms. The summed E-state index contributed by atoms with van der Waals surface area (Å²) in [5.74, 6) is -0.0393. The molecule has 2 aromatic heterocycles. The van der Waals surface area contributed by atoms with Gasteiger partial charge in [-0.2, -0.15) is 0 Å². The van der Waals surface area contributed by atoms with Crippen molar-refractivity contribution in [1.82, 2.24) is 15.3 Å². The number of H-pyrrole nitrogens is 1. The second-order valence-corrected chi connectivity index (χ2v) is 8.55. The molecule has 25 heavy (non-hydrogen) atoms. The summed E-state index contributed by atoms with van der Waals surface area (Å²) in [7, 11) is 0. The molecular weight excluding hydrogens is 360 g/mol. The van der Waals surface area contributed by atoms with Crippen molar-refractivity contribution >= 4 is 45.3 Å². The highest BCUT2D eigenvalue weighted by Crippen LogP contribution is 2.31. The van der Waals surface area contributed by atoms with Crippen molar-refractivity contribution in [1.29, 1.82) is 0 Å². The van der Waals surface area contributed by atoms with Gasteiger partial charge in [-0.3, -0.25) is 14.9 Å².